The number of rotatable bonds is 4. The van der Waals surface area contributed by atoms with Crippen LogP contribution in [-0.4, -0.2) is 32.3 Å². The van der Waals surface area contributed by atoms with Gasteiger partial charge < -0.3 is 10.4 Å². The van der Waals surface area contributed by atoms with Crippen molar-refractivity contribution < 1.29 is 9.90 Å². The van der Waals surface area contributed by atoms with E-state index < -0.39 is 11.5 Å². The molecule has 0 aliphatic rings. The SMILES string of the molecule is Cn1cc(C(C)(O)CNC(=O)c2cc(Cl)nc(Cl)c2)cn1. The third kappa shape index (κ3) is 3.93. The monoisotopic (exact) mass is 328 g/mol. The zero-order valence-electron chi connectivity index (χ0n) is 11.5. The van der Waals surface area contributed by atoms with E-state index in [1.165, 1.54) is 12.1 Å². The van der Waals surface area contributed by atoms with E-state index in [0.717, 1.165) is 0 Å². The van der Waals surface area contributed by atoms with Gasteiger partial charge in [-0.25, -0.2) is 4.98 Å². The van der Waals surface area contributed by atoms with Crippen molar-refractivity contribution in [2.24, 2.45) is 7.05 Å². The van der Waals surface area contributed by atoms with Crippen LogP contribution < -0.4 is 5.32 Å². The van der Waals surface area contributed by atoms with Gasteiger partial charge in [0.05, 0.1) is 12.7 Å². The molecule has 1 atom stereocenters. The minimum Gasteiger partial charge on any atom is -0.383 e. The Bertz CT molecular complexity index is 650. The molecule has 0 saturated heterocycles. The molecule has 1 amide bonds. The molecular formula is C13H14Cl2N4O2. The van der Waals surface area contributed by atoms with Crippen LogP contribution in [0, 0.1) is 0 Å². The van der Waals surface area contributed by atoms with Gasteiger partial charge in [0.15, 0.2) is 0 Å². The number of nitrogens with zero attached hydrogens (tertiary/aromatic N) is 3. The van der Waals surface area contributed by atoms with Gasteiger partial charge in [0.1, 0.15) is 15.9 Å². The molecule has 2 rings (SSSR count). The number of hydrogen-bond acceptors (Lipinski definition) is 4. The average Bonchev–Trinajstić information content (AvgIpc) is 2.82. The summed E-state index contributed by atoms with van der Waals surface area (Å²) >= 11 is 11.5. The van der Waals surface area contributed by atoms with E-state index in [9.17, 15) is 9.90 Å². The summed E-state index contributed by atoms with van der Waals surface area (Å²) in [5, 5.41) is 17.3. The number of carbonyl (C=O) groups is 1. The molecule has 2 aromatic heterocycles. The first-order valence-electron chi connectivity index (χ1n) is 6.11. The van der Waals surface area contributed by atoms with E-state index in [-0.39, 0.29) is 22.4 Å². The molecule has 0 saturated carbocycles. The molecule has 8 heteroatoms. The summed E-state index contributed by atoms with van der Waals surface area (Å²) in [6.45, 7) is 1.62. The molecule has 0 aromatic carbocycles. The second-order valence-electron chi connectivity index (χ2n) is 4.86. The minimum absolute atomic E-state index is 0.0229. The zero-order valence-corrected chi connectivity index (χ0v) is 13.0. The summed E-state index contributed by atoms with van der Waals surface area (Å²) in [7, 11) is 1.75. The summed E-state index contributed by atoms with van der Waals surface area (Å²) in [5.41, 5.74) is -0.344. The summed E-state index contributed by atoms with van der Waals surface area (Å²) in [6, 6.07) is 2.81. The zero-order chi connectivity index (χ0) is 15.6. The minimum atomic E-state index is -1.23. The Morgan fingerprint density at radius 3 is 2.57 bits per heavy atom. The van der Waals surface area contributed by atoms with E-state index in [4.69, 9.17) is 23.2 Å². The number of carbonyl (C=O) groups excluding carboxylic acids is 1. The highest BCUT2D eigenvalue weighted by molar-refractivity contribution is 6.33. The topological polar surface area (TPSA) is 80.0 Å². The molecule has 21 heavy (non-hydrogen) atoms. The third-order valence-electron chi connectivity index (χ3n) is 2.94. The van der Waals surface area contributed by atoms with Crippen LogP contribution in [0.1, 0.15) is 22.8 Å². The van der Waals surface area contributed by atoms with Crippen molar-refractivity contribution >= 4 is 29.1 Å². The molecule has 0 fully saturated rings. The first-order valence-corrected chi connectivity index (χ1v) is 6.86. The number of amides is 1. The van der Waals surface area contributed by atoms with Crippen LogP contribution in [0.15, 0.2) is 24.5 Å². The highest BCUT2D eigenvalue weighted by Gasteiger charge is 2.25. The molecule has 1 unspecified atom stereocenters. The summed E-state index contributed by atoms with van der Waals surface area (Å²) in [4.78, 5) is 15.8. The van der Waals surface area contributed by atoms with Crippen LogP contribution in [0.2, 0.25) is 10.3 Å². The van der Waals surface area contributed by atoms with Crippen LogP contribution in [-0.2, 0) is 12.6 Å². The predicted octanol–water partition coefficient (Wildman–Crippen LogP) is 1.76. The van der Waals surface area contributed by atoms with Crippen molar-refractivity contribution in [2.75, 3.05) is 6.54 Å². The van der Waals surface area contributed by atoms with Gasteiger partial charge in [-0.1, -0.05) is 23.2 Å². The van der Waals surface area contributed by atoms with Crippen molar-refractivity contribution in [3.8, 4) is 0 Å². The smallest absolute Gasteiger partial charge is 0.251 e. The van der Waals surface area contributed by atoms with E-state index >= 15 is 0 Å². The fraction of sp³-hybridized carbons (Fsp3) is 0.308. The number of halogens is 2. The molecule has 0 spiro atoms. The lowest BCUT2D eigenvalue weighted by molar-refractivity contribution is 0.0526. The van der Waals surface area contributed by atoms with Gasteiger partial charge in [-0.05, 0) is 19.1 Å². The maximum Gasteiger partial charge on any atom is 0.251 e. The number of aromatic nitrogens is 3. The number of hydrogen-bond donors (Lipinski definition) is 2. The fourth-order valence-corrected chi connectivity index (χ4v) is 2.21. The van der Waals surface area contributed by atoms with Gasteiger partial charge >= 0.3 is 0 Å². The Morgan fingerprint density at radius 1 is 1.43 bits per heavy atom. The maximum atomic E-state index is 12.0. The fourth-order valence-electron chi connectivity index (χ4n) is 1.75. The van der Waals surface area contributed by atoms with Crippen molar-refractivity contribution in [2.45, 2.75) is 12.5 Å². The highest BCUT2D eigenvalue weighted by Crippen LogP contribution is 2.19. The van der Waals surface area contributed by atoms with E-state index in [0.29, 0.717) is 5.56 Å². The van der Waals surface area contributed by atoms with E-state index in [2.05, 4.69) is 15.4 Å². The van der Waals surface area contributed by atoms with Crippen molar-refractivity contribution in [1.29, 1.82) is 0 Å². The first-order chi connectivity index (χ1) is 9.78. The Labute approximate surface area is 131 Å². The number of pyridine rings is 1. The Hall–Kier alpha value is -1.63. The maximum absolute atomic E-state index is 12.0. The lowest BCUT2D eigenvalue weighted by Gasteiger charge is -2.22. The molecule has 6 nitrogen and oxygen atoms in total. The van der Waals surface area contributed by atoms with Crippen molar-refractivity contribution in [1.82, 2.24) is 20.1 Å². The number of nitrogens with one attached hydrogen (secondary N) is 1. The van der Waals surface area contributed by atoms with Crippen molar-refractivity contribution in [3.05, 3.63) is 46.0 Å². The molecular weight excluding hydrogens is 315 g/mol. The van der Waals surface area contributed by atoms with Crippen molar-refractivity contribution in [3.63, 3.8) is 0 Å². The average molecular weight is 329 g/mol. The van der Waals surface area contributed by atoms with Gasteiger partial charge in [0.25, 0.3) is 5.91 Å². The Balaban J connectivity index is 2.06. The van der Waals surface area contributed by atoms with Crippen LogP contribution >= 0.6 is 23.2 Å². The van der Waals surface area contributed by atoms with E-state index in [1.54, 1.807) is 31.0 Å². The number of aryl methyl sites for hydroxylation is 1. The molecule has 2 aromatic rings. The standard InChI is InChI=1S/C13H14Cl2N4O2/c1-13(21,9-5-17-19(2)6-9)7-16-12(20)8-3-10(14)18-11(15)4-8/h3-6,21H,7H2,1-2H3,(H,16,20). The van der Waals surface area contributed by atoms with Crippen LogP contribution in [0.5, 0.6) is 0 Å². The number of aliphatic hydroxyl groups is 1. The molecule has 2 N–H and O–H groups in total. The molecule has 0 aliphatic heterocycles. The van der Waals surface area contributed by atoms with Gasteiger partial charge in [0, 0.05) is 24.4 Å². The first kappa shape index (κ1) is 15.8. The highest BCUT2D eigenvalue weighted by atomic mass is 35.5. The molecule has 0 radical (unpaired) electrons. The second-order valence-corrected chi connectivity index (χ2v) is 5.63. The van der Waals surface area contributed by atoms with E-state index in [1.807, 2.05) is 0 Å². The van der Waals surface area contributed by atoms with Gasteiger partial charge in [-0.15, -0.1) is 0 Å². The van der Waals surface area contributed by atoms with Gasteiger partial charge in [-0.3, -0.25) is 9.48 Å². The predicted molar refractivity (Wildman–Crippen MR) is 79.4 cm³/mol. The van der Waals surface area contributed by atoms with Crippen LogP contribution in [0.25, 0.3) is 0 Å². The van der Waals surface area contributed by atoms with Gasteiger partial charge in [0.2, 0.25) is 0 Å². The summed E-state index contributed by atoms with van der Waals surface area (Å²) in [6.07, 6.45) is 3.23. The van der Waals surface area contributed by atoms with Gasteiger partial charge in [-0.2, -0.15) is 5.10 Å². The molecule has 0 aliphatic carbocycles. The lowest BCUT2D eigenvalue weighted by atomic mass is 9.99. The Morgan fingerprint density at radius 2 is 2.05 bits per heavy atom. The molecule has 112 valence electrons. The quantitative estimate of drug-likeness (QED) is 0.838. The summed E-state index contributed by atoms with van der Waals surface area (Å²) in [5.74, 6) is -0.398. The lowest BCUT2D eigenvalue weighted by Crippen LogP contribution is -2.38. The van der Waals surface area contributed by atoms with Crippen LogP contribution in [0.4, 0.5) is 0 Å². The summed E-state index contributed by atoms with van der Waals surface area (Å²) < 4.78 is 1.58. The largest absolute Gasteiger partial charge is 0.383 e. The molecule has 2 heterocycles. The Kier molecular flexibility index (Phi) is 4.51. The normalized spacial score (nSPS) is 13.8. The third-order valence-corrected chi connectivity index (χ3v) is 3.33. The van der Waals surface area contributed by atoms with Crippen LogP contribution in [0.3, 0.4) is 0 Å². The molecule has 0 bridgehead atoms. The second kappa shape index (κ2) is 6.01.